The van der Waals surface area contributed by atoms with Gasteiger partial charge in [-0.05, 0) is 43.2 Å². The third-order valence-corrected chi connectivity index (χ3v) is 5.18. The van der Waals surface area contributed by atoms with Crippen LogP contribution in [0.15, 0.2) is 52.4 Å². The molecule has 0 atom stereocenters. The fourth-order valence-corrected chi connectivity index (χ4v) is 3.16. The van der Waals surface area contributed by atoms with Gasteiger partial charge in [-0.1, -0.05) is 18.2 Å². The van der Waals surface area contributed by atoms with Crippen LogP contribution in [0.2, 0.25) is 0 Å². The molecule has 0 unspecified atom stereocenters. The van der Waals surface area contributed by atoms with Crippen LogP contribution in [0.4, 0.5) is 5.82 Å². The van der Waals surface area contributed by atoms with Crippen molar-refractivity contribution in [1.82, 2.24) is 15.6 Å². The normalized spacial score (nSPS) is 11.5. The Morgan fingerprint density at radius 3 is 2.38 bits per heavy atom. The SMILES string of the molecule is CCNC(=NCc1cccc(N(C)C)n1)NCCc1ccc(S(C)(=O)=O)cc1.I. The van der Waals surface area contributed by atoms with E-state index < -0.39 is 9.84 Å². The zero-order chi connectivity index (χ0) is 20.6. The molecule has 0 aliphatic rings. The molecule has 0 bridgehead atoms. The summed E-state index contributed by atoms with van der Waals surface area (Å²) in [5.41, 5.74) is 1.97. The van der Waals surface area contributed by atoms with E-state index in [1.807, 2.05) is 56.3 Å². The Morgan fingerprint density at radius 1 is 1.10 bits per heavy atom. The number of benzene rings is 1. The van der Waals surface area contributed by atoms with Crippen LogP contribution >= 0.6 is 24.0 Å². The maximum atomic E-state index is 11.5. The van der Waals surface area contributed by atoms with E-state index in [9.17, 15) is 8.42 Å². The van der Waals surface area contributed by atoms with Gasteiger partial charge in [0.25, 0.3) is 0 Å². The molecule has 0 fully saturated rings. The van der Waals surface area contributed by atoms with Gasteiger partial charge in [0.05, 0.1) is 17.1 Å². The van der Waals surface area contributed by atoms with Crippen LogP contribution in [0, 0.1) is 0 Å². The molecule has 1 aromatic carbocycles. The number of sulfone groups is 1. The zero-order valence-corrected chi connectivity index (χ0v) is 20.5. The Bertz CT molecular complexity index is 899. The lowest BCUT2D eigenvalue weighted by atomic mass is 10.1. The Balaban J connectivity index is 0.00000420. The van der Waals surface area contributed by atoms with Crippen molar-refractivity contribution in [2.75, 3.05) is 38.3 Å². The highest BCUT2D eigenvalue weighted by Gasteiger charge is 2.06. The van der Waals surface area contributed by atoms with Crippen molar-refractivity contribution in [2.45, 2.75) is 24.8 Å². The van der Waals surface area contributed by atoms with Gasteiger partial charge in [0.2, 0.25) is 0 Å². The maximum Gasteiger partial charge on any atom is 0.191 e. The molecule has 0 saturated heterocycles. The van der Waals surface area contributed by atoms with Crippen LogP contribution in [0.3, 0.4) is 0 Å². The van der Waals surface area contributed by atoms with Gasteiger partial charge < -0.3 is 15.5 Å². The van der Waals surface area contributed by atoms with Crippen LogP contribution in [0.25, 0.3) is 0 Å². The van der Waals surface area contributed by atoms with Crippen molar-refractivity contribution in [3.05, 3.63) is 53.7 Å². The number of aromatic nitrogens is 1. The fraction of sp³-hybridized carbons (Fsp3) is 0.400. The largest absolute Gasteiger partial charge is 0.363 e. The molecule has 0 aliphatic carbocycles. The average molecular weight is 531 g/mol. The molecule has 9 heteroatoms. The lowest BCUT2D eigenvalue weighted by Gasteiger charge is -2.13. The molecule has 0 spiro atoms. The van der Waals surface area contributed by atoms with Crippen molar-refractivity contribution in [2.24, 2.45) is 4.99 Å². The monoisotopic (exact) mass is 531 g/mol. The molecular weight excluding hydrogens is 501 g/mol. The van der Waals surface area contributed by atoms with Gasteiger partial charge >= 0.3 is 0 Å². The van der Waals surface area contributed by atoms with E-state index in [1.165, 1.54) is 6.26 Å². The van der Waals surface area contributed by atoms with Crippen LogP contribution in [0.1, 0.15) is 18.2 Å². The first-order valence-corrected chi connectivity index (χ1v) is 11.1. The number of aliphatic imine (C=N–C) groups is 1. The number of hydrogen-bond donors (Lipinski definition) is 2. The maximum absolute atomic E-state index is 11.5. The highest BCUT2D eigenvalue weighted by atomic mass is 127. The van der Waals surface area contributed by atoms with Crippen LogP contribution in [-0.4, -0.2) is 52.8 Å². The lowest BCUT2D eigenvalue weighted by Crippen LogP contribution is -2.38. The Kier molecular flexibility index (Phi) is 10.4. The Hall–Kier alpha value is -1.88. The molecule has 2 N–H and O–H groups in total. The smallest absolute Gasteiger partial charge is 0.191 e. The number of pyridine rings is 1. The van der Waals surface area contributed by atoms with E-state index in [-0.39, 0.29) is 24.0 Å². The summed E-state index contributed by atoms with van der Waals surface area (Å²) in [5, 5.41) is 6.53. The molecule has 0 saturated carbocycles. The number of halogens is 1. The number of nitrogens with zero attached hydrogens (tertiary/aromatic N) is 3. The molecule has 160 valence electrons. The second-order valence-corrected chi connectivity index (χ2v) is 8.69. The zero-order valence-electron chi connectivity index (χ0n) is 17.3. The predicted octanol–water partition coefficient (Wildman–Crippen LogP) is 2.47. The summed E-state index contributed by atoms with van der Waals surface area (Å²) < 4.78 is 23.0. The first-order chi connectivity index (χ1) is 13.3. The summed E-state index contributed by atoms with van der Waals surface area (Å²) in [4.78, 5) is 11.5. The quantitative estimate of drug-likeness (QED) is 0.309. The Morgan fingerprint density at radius 2 is 1.79 bits per heavy atom. The van der Waals surface area contributed by atoms with Gasteiger partial charge in [-0.3, -0.25) is 0 Å². The van der Waals surface area contributed by atoms with Crippen molar-refractivity contribution < 1.29 is 8.42 Å². The van der Waals surface area contributed by atoms with Crippen LogP contribution < -0.4 is 15.5 Å². The molecular formula is C20H30IN5O2S. The van der Waals surface area contributed by atoms with Gasteiger partial charge in [-0.2, -0.15) is 0 Å². The molecule has 2 aromatic rings. The summed E-state index contributed by atoms with van der Waals surface area (Å²) in [5.74, 6) is 1.63. The average Bonchev–Trinajstić information content (AvgIpc) is 2.66. The number of anilines is 1. The second kappa shape index (κ2) is 12.0. The van der Waals surface area contributed by atoms with E-state index in [0.29, 0.717) is 18.0 Å². The number of nitrogens with one attached hydrogen (secondary N) is 2. The van der Waals surface area contributed by atoms with Crippen molar-refractivity contribution in [1.29, 1.82) is 0 Å². The topological polar surface area (TPSA) is 86.7 Å². The second-order valence-electron chi connectivity index (χ2n) is 6.67. The first-order valence-electron chi connectivity index (χ1n) is 9.24. The molecule has 0 aliphatic heterocycles. The van der Waals surface area contributed by atoms with Crippen LogP contribution in [0.5, 0.6) is 0 Å². The van der Waals surface area contributed by atoms with E-state index in [2.05, 4.69) is 20.6 Å². The Labute approximate surface area is 191 Å². The van der Waals surface area contributed by atoms with Crippen LogP contribution in [-0.2, 0) is 22.8 Å². The molecule has 29 heavy (non-hydrogen) atoms. The fourth-order valence-electron chi connectivity index (χ4n) is 2.53. The third-order valence-electron chi connectivity index (χ3n) is 4.05. The molecule has 2 rings (SSSR count). The highest BCUT2D eigenvalue weighted by Crippen LogP contribution is 2.11. The minimum atomic E-state index is -3.16. The standard InChI is InChI=1S/C20H29N5O2S.HI/c1-5-21-20(23-15-17-7-6-8-19(24-17)25(2)3)22-14-13-16-9-11-18(12-10-16)28(4,26)27;/h6-12H,5,13-15H2,1-4H3,(H2,21,22,23);1H. The highest BCUT2D eigenvalue weighted by molar-refractivity contribution is 14.0. The van der Waals surface area contributed by atoms with Crippen molar-refractivity contribution >= 4 is 45.6 Å². The third kappa shape index (κ3) is 8.57. The van der Waals surface area contributed by atoms with Gasteiger partial charge in [-0.15, -0.1) is 24.0 Å². The summed E-state index contributed by atoms with van der Waals surface area (Å²) in [6.07, 6.45) is 1.98. The van der Waals surface area contributed by atoms with E-state index in [4.69, 9.17) is 0 Å². The number of rotatable bonds is 8. The van der Waals surface area contributed by atoms with E-state index in [0.717, 1.165) is 36.0 Å². The molecule has 1 aromatic heterocycles. The van der Waals surface area contributed by atoms with E-state index >= 15 is 0 Å². The summed E-state index contributed by atoms with van der Waals surface area (Å²) in [7, 11) is 0.767. The van der Waals surface area contributed by atoms with Crippen molar-refractivity contribution in [3.8, 4) is 0 Å². The van der Waals surface area contributed by atoms with Gasteiger partial charge in [0.15, 0.2) is 15.8 Å². The molecule has 0 radical (unpaired) electrons. The minimum Gasteiger partial charge on any atom is -0.363 e. The molecule has 1 heterocycles. The first kappa shape index (κ1) is 25.2. The summed E-state index contributed by atoms with van der Waals surface area (Å²) in [6, 6.07) is 12.9. The lowest BCUT2D eigenvalue weighted by molar-refractivity contribution is 0.602. The minimum absolute atomic E-state index is 0. The molecule has 0 amide bonds. The number of guanidine groups is 1. The molecule has 7 nitrogen and oxygen atoms in total. The number of hydrogen-bond acceptors (Lipinski definition) is 5. The van der Waals surface area contributed by atoms with Crippen molar-refractivity contribution in [3.63, 3.8) is 0 Å². The summed E-state index contributed by atoms with van der Waals surface area (Å²) in [6.45, 7) is 3.96. The van der Waals surface area contributed by atoms with E-state index in [1.54, 1.807) is 12.1 Å². The van der Waals surface area contributed by atoms with Gasteiger partial charge in [0.1, 0.15) is 5.82 Å². The summed E-state index contributed by atoms with van der Waals surface area (Å²) >= 11 is 0. The predicted molar refractivity (Wildman–Crippen MR) is 130 cm³/mol. The van der Waals surface area contributed by atoms with Gasteiger partial charge in [0, 0.05) is 33.4 Å². The van der Waals surface area contributed by atoms with Gasteiger partial charge in [-0.25, -0.2) is 18.4 Å².